The lowest BCUT2D eigenvalue weighted by Crippen LogP contribution is -2.27. The summed E-state index contributed by atoms with van der Waals surface area (Å²) in [6.45, 7) is 4.72. The van der Waals surface area contributed by atoms with Crippen molar-refractivity contribution in [2.75, 3.05) is 24.4 Å². The first-order chi connectivity index (χ1) is 21.3. The summed E-state index contributed by atoms with van der Waals surface area (Å²) in [7, 11) is 1.58. The average molecular weight is 645 g/mol. The molecule has 9 nitrogen and oxygen atoms in total. The van der Waals surface area contributed by atoms with Gasteiger partial charge in [-0.3, -0.25) is 14.4 Å². The molecule has 45 heavy (non-hydrogen) atoms. The second-order valence-corrected chi connectivity index (χ2v) is 10.9. The maximum Gasteiger partial charge on any atom is 0.573 e. The highest BCUT2D eigenvalue weighted by Crippen LogP contribution is 2.28. The molecule has 1 heterocycles. The molecule has 0 saturated carbocycles. The molecule has 0 saturated heterocycles. The Hall–Kier alpha value is -4.55. The lowest BCUT2D eigenvalue weighted by atomic mass is 10.1. The number of hydrogen-bond acceptors (Lipinski definition) is 5. The summed E-state index contributed by atoms with van der Waals surface area (Å²) >= 11 is 6.33. The van der Waals surface area contributed by atoms with E-state index in [1.807, 2.05) is 4.57 Å². The third-order valence-electron chi connectivity index (χ3n) is 6.73. The monoisotopic (exact) mass is 644 g/mol. The lowest BCUT2D eigenvalue weighted by Gasteiger charge is -2.13. The molecule has 0 radical (unpaired) electrons. The van der Waals surface area contributed by atoms with Crippen LogP contribution in [-0.4, -0.2) is 42.4 Å². The number of aromatic nitrogens is 1. The summed E-state index contributed by atoms with van der Waals surface area (Å²) < 4.78 is 48.3. The number of halogens is 4. The fraction of sp³-hybridized carbons (Fsp3) is 0.281. The van der Waals surface area contributed by atoms with E-state index in [9.17, 15) is 27.6 Å². The number of rotatable bonds is 12. The van der Waals surface area contributed by atoms with Gasteiger partial charge in [-0.15, -0.1) is 13.2 Å². The van der Waals surface area contributed by atoms with E-state index in [1.54, 1.807) is 63.4 Å². The van der Waals surface area contributed by atoms with E-state index in [-0.39, 0.29) is 34.6 Å². The molecule has 0 unspecified atom stereocenters. The first-order valence-electron chi connectivity index (χ1n) is 14.0. The predicted octanol–water partition coefficient (Wildman–Crippen LogP) is 7.01. The topological polar surface area (TPSA) is 111 Å². The summed E-state index contributed by atoms with van der Waals surface area (Å²) in [6, 6.07) is 16.6. The van der Waals surface area contributed by atoms with Crippen molar-refractivity contribution in [1.29, 1.82) is 0 Å². The van der Waals surface area contributed by atoms with Gasteiger partial charge in [0.15, 0.2) is 0 Å². The number of methoxy groups -OCH3 is 1. The highest BCUT2D eigenvalue weighted by atomic mass is 35.5. The molecule has 13 heteroatoms. The number of amides is 3. The number of anilines is 2. The summed E-state index contributed by atoms with van der Waals surface area (Å²) in [5.41, 5.74) is 2.71. The van der Waals surface area contributed by atoms with Crippen LogP contribution >= 0.6 is 11.6 Å². The molecule has 0 aliphatic heterocycles. The molecule has 0 atom stereocenters. The van der Waals surface area contributed by atoms with Crippen molar-refractivity contribution >= 4 is 51.6 Å². The normalized spacial score (nSPS) is 11.5. The van der Waals surface area contributed by atoms with E-state index in [0.29, 0.717) is 41.9 Å². The van der Waals surface area contributed by atoms with Crippen LogP contribution in [0.15, 0.2) is 66.7 Å². The van der Waals surface area contributed by atoms with E-state index in [0.717, 1.165) is 17.6 Å². The smallest absolute Gasteiger partial charge is 0.406 e. The minimum Gasteiger partial charge on any atom is -0.406 e. The molecular formula is C32H32ClF3N4O5. The van der Waals surface area contributed by atoms with E-state index in [1.165, 1.54) is 12.1 Å². The molecule has 4 aromatic rings. The third-order valence-corrected chi connectivity index (χ3v) is 7.06. The van der Waals surface area contributed by atoms with Gasteiger partial charge in [-0.25, -0.2) is 0 Å². The number of aryl methyl sites for hydroxylation is 1. The Morgan fingerprint density at radius 1 is 0.911 bits per heavy atom. The van der Waals surface area contributed by atoms with Crippen LogP contribution in [0.2, 0.25) is 5.02 Å². The number of benzene rings is 3. The van der Waals surface area contributed by atoms with Gasteiger partial charge in [0.2, 0.25) is 5.91 Å². The number of nitrogens with zero attached hydrogens (tertiary/aromatic N) is 1. The Kier molecular flexibility index (Phi) is 10.7. The molecule has 0 spiro atoms. The molecule has 0 fully saturated rings. The Bertz CT molecular complexity index is 1690. The number of fused-ring (bicyclic) bond motifs is 1. The summed E-state index contributed by atoms with van der Waals surface area (Å²) in [6.07, 6.45) is -4.22. The van der Waals surface area contributed by atoms with Crippen molar-refractivity contribution in [1.82, 2.24) is 9.88 Å². The van der Waals surface area contributed by atoms with Crippen LogP contribution < -0.4 is 20.7 Å². The van der Waals surface area contributed by atoms with Crippen LogP contribution in [0.3, 0.4) is 0 Å². The fourth-order valence-electron chi connectivity index (χ4n) is 4.53. The highest BCUT2D eigenvalue weighted by molar-refractivity contribution is 6.34. The lowest BCUT2D eigenvalue weighted by molar-refractivity contribution is -0.274. The Morgan fingerprint density at radius 3 is 2.27 bits per heavy atom. The molecule has 238 valence electrons. The number of hydrogen-bond donors (Lipinski definition) is 3. The molecule has 3 aromatic carbocycles. The van der Waals surface area contributed by atoms with E-state index in [2.05, 4.69) is 20.7 Å². The Balaban J connectivity index is 1.55. The van der Waals surface area contributed by atoms with Crippen molar-refractivity contribution < 1.29 is 37.0 Å². The van der Waals surface area contributed by atoms with Gasteiger partial charge < -0.3 is 30.0 Å². The van der Waals surface area contributed by atoms with Gasteiger partial charge >= 0.3 is 6.36 Å². The van der Waals surface area contributed by atoms with Gasteiger partial charge in [-0.05, 0) is 72.6 Å². The van der Waals surface area contributed by atoms with Crippen molar-refractivity contribution in [3.05, 3.63) is 88.6 Å². The minimum absolute atomic E-state index is 0.111. The predicted molar refractivity (Wildman–Crippen MR) is 166 cm³/mol. The zero-order valence-corrected chi connectivity index (χ0v) is 25.5. The zero-order chi connectivity index (χ0) is 32.7. The molecule has 0 aliphatic rings. The van der Waals surface area contributed by atoms with Gasteiger partial charge in [0, 0.05) is 55.0 Å². The number of carbonyl (C=O) groups is 3. The SMILES string of the molecule is COCCCn1c(C(=O)Nc2ccc(OC(F)(F)F)cc2)cc2cc(NC(=O)c3cc(CNC(=O)C(C)C)ccc3Cl)ccc21. The second-order valence-electron chi connectivity index (χ2n) is 10.5. The average Bonchev–Trinajstić information content (AvgIpc) is 3.34. The van der Waals surface area contributed by atoms with E-state index in [4.69, 9.17) is 16.3 Å². The summed E-state index contributed by atoms with van der Waals surface area (Å²) in [5.74, 6) is -1.63. The maximum atomic E-state index is 13.3. The van der Waals surface area contributed by atoms with Gasteiger partial charge in [0.25, 0.3) is 11.8 Å². The molecule has 0 aliphatic carbocycles. The van der Waals surface area contributed by atoms with Crippen molar-refractivity contribution in [2.24, 2.45) is 5.92 Å². The number of ether oxygens (including phenoxy) is 2. The molecule has 3 N–H and O–H groups in total. The standard InChI is InChI=1S/C32H32ClF3N4O5/c1-19(2)29(41)37-18-20-5-11-26(33)25(15-20)30(42)39-23-8-12-27-21(16-23)17-28(40(27)13-4-14-44-3)31(43)38-22-6-9-24(10-7-22)45-32(34,35)36/h5-12,15-17,19H,4,13-14,18H2,1-3H3,(H,37,41)(H,38,43)(H,39,42). The van der Waals surface area contributed by atoms with Crippen LogP contribution in [0.1, 0.15) is 46.7 Å². The fourth-order valence-corrected chi connectivity index (χ4v) is 4.73. The molecule has 1 aromatic heterocycles. The summed E-state index contributed by atoms with van der Waals surface area (Å²) in [5, 5.41) is 9.27. The maximum absolute atomic E-state index is 13.3. The van der Waals surface area contributed by atoms with Gasteiger partial charge in [0.1, 0.15) is 11.4 Å². The minimum atomic E-state index is -4.82. The summed E-state index contributed by atoms with van der Waals surface area (Å²) in [4.78, 5) is 38.5. The number of alkyl halides is 3. The second kappa shape index (κ2) is 14.5. The highest BCUT2D eigenvalue weighted by Gasteiger charge is 2.31. The van der Waals surface area contributed by atoms with E-state index >= 15 is 0 Å². The van der Waals surface area contributed by atoms with Crippen molar-refractivity contribution in [2.45, 2.75) is 39.7 Å². The van der Waals surface area contributed by atoms with Gasteiger partial charge in [-0.1, -0.05) is 31.5 Å². The zero-order valence-electron chi connectivity index (χ0n) is 24.8. The van der Waals surface area contributed by atoms with Gasteiger partial charge in [-0.2, -0.15) is 0 Å². The molecule has 4 rings (SSSR count). The van der Waals surface area contributed by atoms with Crippen LogP contribution in [0.25, 0.3) is 10.9 Å². The van der Waals surface area contributed by atoms with Crippen LogP contribution in [-0.2, 0) is 22.6 Å². The van der Waals surface area contributed by atoms with Crippen molar-refractivity contribution in [3.63, 3.8) is 0 Å². The third kappa shape index (κ3) is 8.99. The first kappa shape index (κ1) is 33.3. The molecule has 3 amide bonds. The molecule has 0 bridgehead atoms. The van der Waals surface area contributed by atoms with Crippen molar-refractivity contribution in [3.8, 4) is 5.75 Å². The first-order valence-corrected chi connectivity index (χ1v) is 14.4. The Labute approximate surface area is 262 Å². The van der Waals surface area contributed by atoms with E-state index < -0.39 is 23.9 Å². The quantitative estimate of drug-likeness (QED) is 0.144. The van der Waals surface area contributed by atoms with Crippen LogP contribution in [0.4, 0.5) is 24.5 Å². The van der Waals surface area contributed by atoms with Crippen LogP contribution in [0.5, 0.6) is 5.75 Å². The Morgan fingerprint density at radius 2 is 1.60 bits per heavy atom. The largest absolute Gasteiger partial charge is 0.573 e. The number of nitrogens with one attached hydrogen (secondary N) is 3. The molecular weight excluding hydrogens is 613 g/mol. The number of carbonyl (C=O) groups excluding carboxylic acids is 3. The van der Waals surface area contributed by atoms with Crippen LogP contribution in [0, 0.1) is 5.92 Å². The van der Waals surface area contributed by atoms with Gasteiger partial charge in [0.05, 0.1) is 10.6 Å².